The zero-order valence-electron chi connectivity index (χ0n) is 12.6. The minimum absolute atomic E-state index is 0.188. The largest absolute Gasteiger partial charge is 0.506 e. The number of phenols is 1. The Morgan fingerprint density at radius 3 is 2.75 bits per heavy atom. The summed E-state index contributed by atoms with van der Waals surface area (Å²) in [6, 6.07) is 17.2. The van der Waals surface area contributed by atoms with Gasteiger partial charge in [-0.15, -0.1) is 5.10 Å². The van der Waals surface area contributed by atoms with E-state index in [9.17, 15) is 5.11 Å². The molecule has 0 aliphatic heterocycles. The highest BCUT2D eigenvalue weighted by Crippen LogP contribution is 2.30. The molecule has 0 bridgehead atoms. The van der Waals surface area contributed by atoms with Gasteiger partial charge in [-0.3, -0.25) is 4.98 Å². The number of phenolic OH excluding ortho intramolecular Hbond substituents is 1. The van der Waals surface area contributed by atoms with Crippen molar-refractivity contribution in [2.75, 3.05) is 0 Å². The molecule has 0 aliphatic rings. The monoisotopic (exact) mass is 335 g/mol. The molecule has 1 N–H and O–H groups in total. The molecule has 2 aromatic heterocycles. The molecule has 6 nitrogen and oxygen atoms in total. The lowest BCUT2D eigenvalue weighted by molar-refractivity contribution is 0.480. The summed E-state index contributed by atoms with van der Waals surface area (Å²) in [4.78, 5) is 4.25. The van der Waals surface area contributed by atoms with Gasteiger partial charge in [0.05, 0.1) is 5.69 Å². The number of para-hydroxylation sites is 1. The Bertz CT molecular complexity index is 987. The zero-order valence-corrected chi connectivity index (χ0v) is 13.4. The maximum atomic E-state index is 9.93. The molecule has 0 fully saturated rings. The molecule has 4 rings (SSSR count). The summed E-state index contributed by atoms with van der Waals surface area (Å²) in [6.07, 6.45) is 1.68. The second-order valence-electron chi connectivity index (χ2n) is 5.14. The Labute approximate surface area is 142 Å². The summed E-state index contributed by atoms with van der Waals surface area (Å²) < 4.78 is 1.71. The maximum Gasteiger partial charge on any atom is 0.214 e. The van der Waals surface area contributed by atoms with Crippen LogP contribution in [0.4, 0.5) is 0 Å². The van der Waals surface area contributed by atoms with Crippen molar-refractivity contribution < 1.29 is 5.11 Å². The van der Waals surface area contributed by atoms with E-state index in [-0.39, 0.29) is 5.75 Å². The van der Waals surface area contributed by atoms with E-state index in [1.165, 1.54) is 11.8 Å². The SMILES string of the molecule is Oc1ccc(CSc2nnnn2-c2ccccc2)c2cccnc12. The summed E-state index contributed by atoms with van der Waals surface area (Å²) in [7, 11) is 0. The topological polar surface area (TPSA) is 76.7 Å². The van der Waals surface area contributed by atoms with Gasteiger partial charge in [0, 0.05) is 17.3 Å². The number of tetrazole rings is 1. The molecule has 0 atom stereocenters. The number of aromatic hydroxyl groups is 1. The Morgan fingerprint density at radius 1 is 1.00 bits per heavy atom. The Balaban J connectivity index is 1.63. The predicted molar refractivity (Wildman–Crippen MR) is 92.1 cm³/mol. The van der Waals surface area contributed by atoms with Gasteiger partial charge in [-0.05, 0) is 40.3 Å². The van der Waals surface area contributed by atoms with Crippen molar-refractivity contribution in [2.24, 2.45) is 0 Å². The number of aromatic nitrogens is 5. The van der Waals surface area contributed by atoms with E-state index in [0.717, 1.165) is 16.6 Å². The first-order chi connectivity index (χ1) is 11.8. The fourth-order valence-corrected chi connectivity index (χ4v) is 3.38. The van der Waals surface area contributed by atoms with Crippen LogP contribution in [-0.2, 0) is 5.75 Å². The lowest BCUT2D eigenvalue weighted by Crippen LogP contribution is -1.98. The van der Waals surface area contributed by atoms with Crippen molar-refractivity contribution in [2.45, 2.75) is 10.9 Å². The van der Waals surface area contributed by atoms with Gasteiger partial charge in [0.15, 0.2) is 0 Å². The minimum Gasteiger partial charge on any atom is -0.506 e. The number of rotatable bonds is 4. The third-order valence-electron chi connectivity index (χ3n) is 3.64. The van der Waals surface area contributed by atoms with Crippen molar-refractivity contribution in [1.82, 2.24) is 25.2 Å². The molecule has 2 aromatic carbocycles. The maximum absolute atomic E-state index is 9.93. The van der Waals surface area contributed by atoms with E-state index in [1.807, 2.05) is 48.5 Å². The van der Waals surface area contributed by atoms with Gasteiger partial charge in [-0.25, -0.2) is 0 Å². The molecule has 0 aliphatic carbocycles. The van der Waals surface area contributed by atoms with Gasteiger partial charge >= 0.3 is 0 Å². The van der Waals surface area contributed by atoms with Crippen molar-refractivity contribution >= 4 is 22.7 Å². The molecule has 7 heteroatoms. The molecule has 0 saturated heterocycles. The summed E-state index contributed by atoms with van der Waals surface area (Å²) in [5.74, 6) is 0.865. The number of thioether (sulfide) groups is 1. The van der Waals surface area contributed by atoms with Gasteiger partial charge in [-0.1, -0.05) is 42.1 Å². The van der Waals surface area contributed by atoms with E-state index in [0.29, 0.717) is 16.4 Å². The van der Waals surface area contributed by atoms with E-state index < -0.39 is 0 Å². The van der Waals surface area contributed by atoms with Gasteiger partial charge in [0.1, 0.15) is 11.3 Å². The smallest absolute Gasteiger partial charge is 0.214 e. The van der Waals surface area contributed by atoms with Crippen LogP contribution in [0.25, 0.3) is 16.6 Å². The summed E-state index contributed by atoms with van der Waals surface area (Å²) in [5, 5.41) is 23.5. The van der Waals surface area contributed by atoms with Gasteiger partial charge in [0.25, 0.3) is 0 Å². The number of hydrogen-bond acceptors (Lipinski definition) is 6. The minimum atomic E-state index is 0.188. The average molecular weight is 335 g/mol. The highest BCUT2D eigenvalue weighted by molar-refractivity contribution is 7.98. The standard InChI is InChI=1S/C17H13N5OS/c23-15-9-8-12(14-7-4-10-18-16(14)15)11-24-17-19-20-21-22(17)13-5-2-1-3-6-13/h1-10,23H,11H2. The normalized spacial score (nSPS) is 11.0. The number of hydrogen-bond donors (Lipinski definition) is 1. The number of fused-ring (bicyclic) bond motifs is 1. The molecule has 24 heavy (non-hydrogen) atoms. The third-order valence-corrected chi connectivity index (χ3v) is 4.61. The first-order valence-electron chi connectivity index (χ1n) is 7.35. The lowest BCUT2D eigenvalue weighted by Gasteiger charge is -2.07. The molecule has 0 spiro atoms. The van der Waals surface area contributed by atoms with Crippen LogP contribution in [-0.4, -0.2) is 30.3 Å². The van der Waals surface area contributed by atoms with Crippen LogP contribution in [0.2, 0.25) is 0 Å². The van der Waals surface area contributed by atoms with Crippen molar-refractivity contribution in [3.8, 4) is 11.4 Å². The molecular weight excluding hydrogens is 322 g/mol. The molecule has 0 amide bonds. The van der Waals surface area contributed by atoms with Gasteiger partial charge in [0.2, 0.25) is 5.16 Å². The highest BCUT2D eigenvalue weighted by atomic mass is 32.2. The van der Waals surface area contributed by atoms with E-state index in [2.05, 4.69) is 20.5 Å². The summed E-state index contributed by atoms with van der Waals surface area (Å²) >= 11 is 1.54. The molecule has 2 heterocycles. The van der Waals surface area contributed by atoms with Crippen molar-refractivity contribution in [1.29, 1.82) is 0 Å². The van der Waals surface area contributed by atoms with Crippen LogP contribution in [0.1, 0.15) is 5.56 Å². The molecule has 0 saturated carbocycles. The number of pyridine rings is 1. The Hall–Kier alpha value is -2.93. The predicted octanol–water partition coefficient (Wildman–Crippen LogP) is 3.21. The van der Waals surface area contributed by atoms with Crippen LogP contribution in [0.5, 0.6) is 5.75 Å². The van der Waals surface area contributed by atoms with Crippen LogP contribution in [0.3, 0.4) is 0 Å². The number of benzene rings is 2. The van der Waals surface area contributed by atoms with E-state index in [4.69, 9.17) is 0 Å². The molecule has 118 valence electrons. The average Bonchev–Trinajstić information content (AvgIpc) is 3.11. The van der Waals surface area contributed by atoms with Crippen LogP contribution < -0.4 is 0 Å². The second kappa shape index (κ2) is 6.29. The van der Waals surface area contributed by atoms with Crippen LogP contribution >= 0.6 is 11.8 Å². The molecular formula is C17H13N5OS. The van der Waals surface area contributed by atoms with Crippen molar-refractivity contribution in [3.05, 3.63) is 66.4 Å². The van der Waals surface area contributed by atoms with E-state index in [1.54, 1.807) is 16.9 Å². The third kappa shape index (κ3) is 2.69. The molecule has 0 radical (unpaired) electrons. The van der Waals surface area contributed by atoms with Crippen LogP contribution in [0.15, 0.2) is 66.0 Å². The first kappa shape index (κ1) is 14.6. The lowest BCUT2D eigenvalue weighted by atomic mass is 10.1. The second-order valence-corrected chi connectivity index (χ2v) is 6.08. The highest BCUT2D eigenvalue weighted by Gasteiger charge is 2.11. The molecule has 0 unspecified atom stereocenters. The summed E-state index contributed by atoms with van der Waals surface area (Å²) in [6.45, 7) is 0. The van der Waals surface area contributed by atoms with E-state index >= 15 is 0 Å². The fraction of sp³-hybridized carbons (Fsp3) is 0.0588. The number of nitrogens with zero attached hydrogens (tertiary/aromatic N) is 5. The van der Waals surface area contributed by atoms with Crippen molar-refractivity contribution in [3.63, 3.8) is 0 Å². The fourth-order valence-electron chi connectivity index (χ4n) is 2.49. The zero-order chi connectivity index (χ0) is 16.4. The molecule has 4 aromatic rings. The van der Waals surface area contributed by atoms with Crippen LogP contribution in [0, 0.1) is 0 Å². The summed E-state index contributed by atoms with van der Waals surface area (Å²) in [5.41, 5.74) is 2.60. The Kier molecular flexibility index (Phi) is 3.84. The first-order valence-corrected chi connectivity index (χ1v) is 8.33. The van der Waals surface area contributed by atoms with Gasteiger partial charge in [-0.2, -0.15) is 4.68 Å². The van der Waals surface area contributed by atoms with Gasteiger partial charge < -0.3 is 5.11 Å². The Morgan fingerprint density at radius 2 is 1.88 bits per heavy atom. The quantitative estimate of drug-likeness (QED) is 0.577.